The molecule has 0 aliphatic rings. The van der Waals surface area contributed by atoms with Crippen molar-refractivity contribution in [3.05, 3.63) is 34.9 Å². The van der Waals surface area contributed by atoms with Crippen LogP contribution in [0.5, 0.6) is 0 Å². The number of carboxylic acid groups (broad SMARTS) is 3. The van der Waals surface area contributed by atoms with Crippen LogP contribution in [0, 0.1) is 5.41 Å². The Labute approximate surface area is 210 Å². The molecule has 0 fully saturated rings. The molecule has 0 radical (unpaired) electrons. The summed E-state index contributed by atoms with van der Waals surface area (Å²) in [6.45, 7) is 2.88. The number of carboxylic acids is 3. The maximum Gasteiger partial charge on any atom is 0.330 e. The average Bonchev–Trinajstić information content (AvgIpc) is 2.86. The summed E-state index contributed by atoms with van der Waals surface area (Å²) < 4.78 is 0. The summed E-state index contributed by atoms with van der Waals surface area (Å²) in [5, 5.41) is 83.5. The molecule has 10 N–H and O–H groups in total. The van der Waals surface area contributed by atoms with Gasteiger partial charge in [0.05, 0.1) is 31.8 Å². The largest absolute Gasteiger partial charge is 0.478 e. The SMILES string of the molecule is CC(=CCCO)C(=O)O.CC(=CCCO)C(=O)O.CC(=CCCO)C(=O)O.OCC(CO)(CO)CO. The lowest BCUT2D eigenvalue weighted by Crippen LogP contribution is -2.37. The van der Waals surface area contributed by atoms with Gasteiger partial charge in [0.2, 0.25) is 0 Å². The molecule has 0 atom stereocenters. The summed E-state index contributed by atoms with van der Waals surface area (Å²) in [7, 11) is 0. The lowest BCUT2D eigenvalue weighted by molar-refractivity contribution is -0.133. The fourth-order valence-corrected chi connectivity index (χ4v) is 1.41. The Kier molecular flexibility index (Phi) is 30.3. The van der Waals surface area contributed by atoms with E-state index in [1.165, 1.54) is 39.0 Å². The van der Waals surface area contributed by atoms with Crippen molar-refractivity contribution in [3.63, 3.8) is 0 Å². The van der Waals surface area contributed by atoms with Crippen molar-refractivity contribution >= 4 is 17.9 Å². The number of aliphatic hydroxyl groups excluding tert-OH is 7. The van der Waals surface area contributed by atoms with Gasteiger partial charge >= 0.3 is 17.9 Å². The molecule has 0 amide bonds. The number of hydrogen-bond acceptors (Lipinski definition) is 10. The molecule has 36 heavy (non-hydrogen) atoms. The number of aliphatic carboxylic acids is 3. The number of rotatable bonds is 13. The zero-order valence-electron chi connectivity index (χ0n) is 21.0. The first-order valence-electron chi connectivity index (χ1n) is 10.8. The monoisotopic (exact) mass is 526 g/mol. The Morgan fingerprint density at radius 3 is 0.778 bits per heavy atom. The molecule has 0 saturated carbocycles. The molecule has 0 aromatic rings. The first-order valence-corrected chi connectivity index (χ1v) is 10.8. The minimum atomic E-state index is -1.11. The minimum absolute atomic E-state index is 0.00458. The highest BCUT2D eigenvalue weighted by molar-refractivity contribution is 5.86. The first kappa shape index (κ1) is 40.5. The Hall–Kier alpha value is -2.65. The van der Waals surface area contributed by atoms with Crippen LogP contribution in [0.2, 0.25) is 0 Å². The Bertz CT molecular complexity index is 584. The molecule has 0 rings (SSSR count). The van der Waals surface area contributed by atoms with E-state index in [1.54, 1.807) is 0 Å². The molecule has 0 bridgehead atoms. The predicted octanol–water partition coefficient (Wildman–Crippen LogP) is -0.859. The van der Waals surface area contributed by atoms with Crippen LogP contribution in [0.3, 0.4) is 0 Å². The van der Waals surface area contributed by atoms with Gasteiger partial charge in [-0.3, -0.25) is 0 Å². The highest BCUT2D eigenvalue weighted by Gasteiger charge is 2.26. The molecule has 0 aliphatic heterocycles. The lowest BCUT2D eigenvalue weighted by Gasteiger charge is -2.23. The van der Waals surface area contributed by atoms with E-state index < -0.39 is 49.8 Å². The molecule has 0 aliphatic carbocycles. The molecule has 0 aromatic heterocycles. The van der Waals surface area contributed by atoms with Gasteiger partial charge in [0.25, 0.3) is 0 Å². The van der Waals surface area contributed by atoms with Crippen LogP contribution < -0.4 is 0 Å². The zero-order chi connectivity index (χ0) is 29.2. The van der Waals surface area contributed by atoms with Crippen molar-refractivity contribution < 1.29 is 65.4 Å². The second-order valence-electron chi connectivity index (χ2n) is 7.25. The standard InChI is InChI=1S/3C6H10O3.C5H12O4/c3*1-5(6(8)9)3-2-4-7;6-1-5(2-7,3-8)4-9/h3*3,7H,2,4H2,1H3,(H,8,9);6-9H,1-4H2. The first-order chi connectivity index (χ1) is 16.8. The summed E-state index contributed by atoms with van der Waals surface area (Å²) in [5.41, 5.74) is -0.267. The summed E-state index contributed by atoms with van der Waals surface area (Å²) in [6, 6.07) is 0. The third kappa shape index (κ3) is 26.0. The maximum absolute atomic E-state index is 10.1. The maximum atomic E-state index is 10.1. The lowest BCUT2D eigenvalue weighted by atomic mass is 9.93. The van der Waals surface area contributed by atoms with Gasteiger partial charge in [0.1, 0.15) is 0 Å². The fraction of sp³-hybridized carbons (Fsp3) is 0.609. The predicted molar refractivity (Wildman–Crippen MR) is 130 cm³/mol. The molecular weight excluding hydrogens is 484 g/mol. The minimum Gasteiger partial charge on any atom is -0.478 e. The van der Waals surface area contributed by atoms with Crippen molar-refractivity contribution in [1.29, 1.82) is 0 Å². The van der Waals surface area contributed by atoms with Crippen molar-refractivity contribution in [2.45, 2.75) is 40.0 Å². The number of aliphatic hydroxyl groups is 7. The molecule has 0 unspecified atom stereocenters. The quantitative estimate of drug-likeness (QED) is 0.131. The van der Waals surface area contributed by atoms with E-state index >= 15 is 0 Å². The second kappa shape index (κ2) is 26.9. The normalized spacial score (nSPS) is 11.7. The van der Waals surface area contributed by atoms with Crippen LogP contribution in [0.25, 0.3) is 0 Å². The molecule has 13 nitrogen and oxygen atoms in total. The van der Waals surface area contributed by atoms with Gasteiger partial charge in [-0.1, -0.05) is 18.2 Å². The summed E-state index contributed by atoms with van der Waals surface area (Å²) in [5.74, 6) is -2.78. The highest BCUT2D eigenvalue weighted by Crippen LogP contribution is 2.11. The summed E-state index contributed by atoms with van der Waals surface area (Å²) in [4.78, 5) is 30.2. The number of hydrogen-bond donors (Lipinski definition) is 10. The summed E-state index contributed by atoms with van der Waals surface area (Å²) >= 11 is 0. The van der Waals surface area contributed by atoms with E-state index in [9.17, 15) is 14.4 Å². The number of carbonyl (C=O) groups is 3. The molecule has 0 spiro atoms. The van der Waals surface area contributed by atoms with Crippen molar-refractivity contribution in [2.24, 2.45) is 5.41 Å². The Balaban J connectivity index is -0.000000190. The van der Waals surface area contributed by atoms with Crippen LogP contribution >= 0.6 is 0 Å². The smallest absolute Gasteiger partial charge is 0.330 e. The van der Waals surface area contributed by atoms with E-state index in [4.69, 9.17) is 51.1 Å². The van der Waals surface area contributed by atoms with E-state index in [0.29, 0.717) is 19.3 Å². The van der Waals surface area contributed by atoms with E-state index in [0.717, 1.165) is 0 Å². The summed E-state index contributed by atoms with van der Waals surface area (Å²) in [6.07, 6.45) is 5.71. The molecule has 13 heteroatoms. The van der Waals surface area contributed by atoms with Crippen molar-refractivity contribution in [1.82, 2.24) is 0 Å². The molecular formula is C23H42O13. The molecule has 0 saturated heterocycles. The van der Waals surface area contributed by atoms with Crippen LogP contribution in [0.15, 0.2) is 34.9 Å². The van der Waals surface area contributed by atoms with Gasteiger partial charge in [-0.15, -0.1) is 0 Å². The van der Waals surface area contributed by atoms with Gasteiger partial charge in [0.15, 0.2) is 0 Å². The van der Waals surface area contributed by atoms with Crippen molar-refractivity contribution in [2.75, 3.05) is 46.2 Å². The van der Waals surface area contributed by atoms with Crippen LogP contribution in [0.4, 0.5) is 0 Å². The topological polar surface area (TPSA) is 254 Å². The molecule has 0 heterocycles. The zero-order valence-corrected chi connectivity index (χ0v) is 21.0. The Morgan fingerprint density at radius 2 is 0.694 bits per heavy atom. The third-order valence-electron chi connectivity index (χ3n) is 4.09. The van der Waals surface area contributed by atoms with E-state index in [1.807, 2.05) is 0 Å². The van der Waals surface area contributed by atoms with Gasteiger partial charge in [-0.2, -0.15) is 0 Å². The van der Waals surface area contributed by atoms with Crippen LogP contribution in [-0.2, 0) is 14.4 Å². The van der Waals surface area contributed by atoms with Gasteiger partial charge in [0, 0.05) is 36.5 Å². The second-order valence-corrected chi connectivity index (χ2v) is 7.25. The van der Waals surface area contributed by atoms with Crippen molar-refractivity contribution in [3.8, 4) is 0 Å². The molecule has 0 aromatic carbocycles. The van der Waals surface area contributed by atoms with E-state index in [2.05, 4.69) is 0 Å². The van der Waals surface area contributed by atoms with Gasteiger partial charge in [-0.05, 0) is 40.0 Å². The highest BCUT2D eigenvalue weighted by atomic mass is 16.4. The Morgan fingerprint density at radius 1 is 0.500 bits per heavy atom. The third-order valence-corrected chi connectivity index (χ3v) is 4.09. The fourth-order valence-electron chi connectivity index (χ4n) is 1.41. The van der Waals surface area contributed by atoms with Crippen LogP contribution in [0.1, 0.15) is 40.0 Å². The van der Waals surface area contributed by atoms with Gasteiger partial charge < -0.3 is 51.1 Å². The van der Waals surface area contributed by atoms with E-state index in [-0.39, 0.29) is 36.5 Å². The molecule has 212 valence electrons. The van der Waals surface area contributed by atoms with Gasteiger partial charge in [-0.25, -0.2) is 14.4 Å². The average molecular weight is 527 g/mol. The van der Waals surface area contributed by atoms with Crippen LogP contribution in [-0.4, -0.2) is 115 Å².